The van der Waals surface area contributed by atoms with Gasteiger partial charge in [0.05, 0.1) is 11.4 Å². The van der Waals surface area contributed by atoms with Gasteiger partial charge in [-0.1, -0.05) is 42.1 Å². The van der Waals surface area contributed by atoms with Gasteiger partial charge < -0.3 is 0 Å². The minimum absolute atomic E-state index is 0.260. The number of benzene rings is 2. The van der Waals surface area contributed by atoms with Crippen molar-refractivity contribution in [3.63, 3.8) is 0 Å². The Kier molecular flexibility index (Phi) is 4.53. The average Bonchev–Trinajstić information content (AvgIpc) is 3.30. The lowest BCUT2D eigenvalue weighted by Crippen LogP contribution is -1.98. The van der Waals surface area contributed by atoms with E-state index >= 15 is 0 Å². The Bertz CT molecular complexity index is 983. The summed E-state index contributed by atoms with van der Waals surface area (Å²) in [4.78, 5) is 4.52. The van der Waals surface area contributed by atoms with E-state index in [4.69, 9.17) is 0 Å². The molecule has 2 aromatic heterocycles. The molecule has 2 aromatic carbocycles. The van der Waals surface area contributed by atoms with Crippen LogP contribution in [0.25, 0.3) is 16.3 Å². The Morgan fingerprint density at radius 2 is 1.84 bits per heavy atom. The van der Waals surface area contributed by atoms with Gasteiger partial charge in [0.2, 0.25) is 5.16 Å². The number of rotatable bonds is 5. The summed E-state index contributed by atoms with van der Waals surface area (Å²) in [5.41, 5.74) is 2.30. The summed E-state index contributed by atoms with van der Waals surface area (Å²) < 4.78 is 15.6. The van der Waals surface area contributed by atoms with Crippen molar-refractivity contribution in [1.29, 1.82) is 0 Å². The second-order valence-corrected chi connectivity index (χ2v) is 6.92. The molecule has 4 rings (SSSR count). The van der Waals surface area contributed by atoms with Crippen molar-refractivity contribution in [1.82, 2.24) is 25.2 Å². The summed E-state index contributed by atoms with van der Waals surface area (Å²) >= 11 is 2.92. The molecule has 0 aliphatic carbocycles. The van der Waals surface area contributed by atoms with Crippen LogP contribution >= 0.6 is 23.1 Å². The van der Waals surface area contributed by atoms with Crippen molar-refractivity contribution in [3.05, 3.63) is 71.5 Å². The zero-order valence-electron chi connectivity index (χ0n) is 12.9. The molecule has 25 heavy (non-hydrogen) atoms. The molecule has 4 aromatic rings. The van der Waals surface area contributed by atoms with E-state index in [0.29, 0.717) is 21.5 Å². The van der Waals surface area contributed by atoms with Crippen LogP contribution in [-0.4, -0.2) is 25.2 Å². The molecule has 124 valence electrons. The molecule has 0 spiro atoms. The summed E-state index contributed by atoms with van der Waals surface area (Å²) in [6, 6.07) is 16.4. The summed E-state index contributed by atoms with van der Waals surface area (Å²) in [6.07, 6.45) is 0. The number of thioether (sulfide) groups is 1. The third kappa shape index (κ3) is 3.45. The normalized spacial score (nSPS) is 10.9. The van der Waals surface area contributed by atoms with Gasteiger partial charge in [-0.05, 0) is 34.7 Å². The molecule has 0 unspecified atom stereocenters. The maximum Gasteiger partial charge on any atom is 0.214 e. The van der Waals surface area contributed by atoms with E-state index in [1.54, 1.807) is 16.8 Å². The monoisotopic (exact) mass is 369 g/mol. The molecule has 0 saturated carbocycles. The van der Waals surface area contributed by atoms with E-state index in [0.717, 1.165) is 11.4 Å². The number of thiazole rings is 1. The highest BCUT2D eigenvalue weighted by atomic mass is 32.2. The molecule has 0 N–H and O–H groups in total. The molecule has 0 atom stereocenters. The highest BCUT2D eigenvalue weighted by Crippen LogP contribution is 2.29. The topological polar surface area (TPSA) is 56.5 Å². The summed E-state index contributed by atoms with van der Waals surface area (Å²) in [5.74, 6) is 0.349. The molecule has 8 heteroatoms. The average molecular weight is 369 g/mol. The maximum atomic E-state index is 13.9. The van der Waals surface area contributed by atoms with Gasteiger partial charge in [0.15, 0.2) is 0 Å². The molecule has 0 amide bonds. The highest BCUT2D eigenvalue weighted by Gasteiger charge is 2.12. The predicted molar refractivity (Wildman–Crippen MR) is 96.2 cm³/mol. The number of nitrogens with zero attached hydrogens (tertiary/aromatic N) is 5. The van der Waals surface area contributed by atoms with E-state index in [-0.39, 0.29) is 5.82 Å². The fourth-order valence-electron chi connectivity index (χ4n) is 2.27. The fourth-order valence-corrected chi connectivity index (χ4v) is 4.01. The zero-order chi connectivity index (χ0) is 17.1. The van der Waals surface area contributed by atoms with E-state index in [9.17, 15) is 4.39 Å². The minimum atomic E-state index is -0.260. The largest absolute Gasteiger partial charge is 0.240 e. The number of aromatic nitrogens is 5. The lowest BCUT2D eigenvalue weighted by molar-refractivity contribution is 0.631. The molecule has 0 radical (unpaired) electrons. The molecule has 0 bridgehead atoms. The second-order valence-electron chi connectivity index (χ2n) is 5.12. The van der Waals surface area contributed by atoms with Crippen LogP contribution < -0.4 is 0 Å². The summed E-state index contributed by atoms with van der Waals surface area (Å²) in [6.45, 7) is 0. The van der Waals surface area contributed by atoms with Gasteiger partial charge in [-0.2, -0.15) is 4.68 Å². The van der Waals surface area contributed by atoms with Gasteiger partial charge in [0.1, 0.15) is 10.8 Å². The van der Waals surface area contributed by atoms with Crippen LogP contribution in [0.5, 0.6) is 0 Å². The van der Waals surface area contributed by atoms with Crippen LogP contribution in [0.1, 0.15) is 5.69 Å². The van der Waals surface area contributed by atoms with Crippen LogP contribution in [0.2, 0.25) is 0 Å². The minimum Gasteiger partial charge on any atom is -0.240 e. The van der Waals surface area contributed by atoms with Gasteiger partial charge in [-0.3, -0.25) is 0 Å². The number of tetrazole rings is 1. The summed E-state index contributed by atoms with van der Waals surface area (Å²) in [7, 11) is 0. The first-order chi connectivity index (χ1) is 12.3. The first-order valence-corrected chi connectivity index (χ1v) is 9.34. The maximum absolute atomic E-state index is 13.9. The molecular weight excluding hydrogens is 357 g/mol. The Balaban J connectivity index is 1.50. The lowest BCUT2D eigenvalue weighted by Gasteiger charge is -2.02. The second kappa shape index (κ2) is 7.12. The highest BCUT2D eigenvalue weighted by molar-refractivity contribution is 7.98. The first kappa shape index (κ1) is 15.9. The standard InChI is InChI=1S/C17H12FN5S2/c18-15-9-5-4-8-14(15)16-19-12(10-24-16)11-25-17-20-21-22-23(17)13-6-2-1-3-7-13/h1-10H,11H2. The Hall–Kier alpha value is -2.58. The van der Waals surface area contributed by atoms with Crippen LogP contribution in [0.4, 0.5) is 4.39 Å². The third-order valence-corrected chi connectivity index (χ3v) is 5.32. The fraction of sp³-hybridized carbons (Fsp3) is 0.0588. The Morgan fingerprint density at radius 3 is 2.68 bits per heavy atom. The van der Waals surface area contributed by atoms with Crippen molar-refractivity contribution >= 4 is 23.1 Å². The van der Waals surface area contributed by atoms with Crippen molar-refractivity contribution in [2.45, 2.75) is 10.9 Å². The van der Waals surface area contributed by atoms with Crippen LogP contribution in [0.15, 0.2) is 65.1 Å². The lowest BCUT2D eigenvalue weighted by atomic mass is 10.2. The van der Waals surface area contributed by atoms with Gasteiger partial charge in [-0.25, -0.2) is 9.37 Å². The number of halogens is 1. The predicted octanol–water partition coefficient (Wildman–Crippen LogP) is 4.22. The molecule has 2 heterocycles. The van der Waals surface area contributed by atoms with Crippen LogP contribution in [-0.2, 0) is 5.75 Å². The number of para-hydroxylation sites is 1. The third-order valence-electron chi connectivity index (χ3n) is 3.45. The van der Waals surface area contributed by atoms with Crippen molar-refractivity contribution in [2.75, 3.05) is 0 Å². The van der Waals surface area contributed by atoms with Crippen molar-refractivity contribution in [3.8, 4) is 16.3 Å². The smallest absolute Gasteiger partial charge is 0.214 e. The van der Waals surface area contributed by atoms with Crippen molar-refractivity contribution < 1.29 is 4.39 Å². The SMILES string of the molecule is Fc1ccccc1-c1nc(CSc2nnnn2-c2ccccc2)cs1. The number of hydrogen-bond donors (Lipinski definition) is 0. The molecular formula is C17H12FN5S2. The molecule has 0 aliphatic heterocycles. The van der Waals surface area contributed by atoms with E-state index < -0.39 is 0 Å². The summed E-state index contributed by atoms with van der Waals surface area (Å²) in [5, 5.41) is 15.1. The van der Waals surface area contributed by atoms with Gasteiger partial charge in [0, 0.05) is 16.7 Å². The molecule has 5 nitrogen and oxygen atoms in total. The van der Waals surface area contributed by atoms with Gasteiger partial charge in [-0.15, -0.1) is 16.4 Å². The Labute approximate surface area is 151 Å². The van der Waals surface area contributed by atoms with E-state index in [1.807, 2.05) is 41.8 Å². The van der Waals surface area contributed by atoms with Crippen molar-refractivity contribution in [2.24, 2.45) is 0 Å². The Morgan fingerprint density at radius 1 is 1.04 bits per heavy atom. The van der Waals surface area contributed by atoms with Gasteiger partial charge >= 0.3 is 0 Å². The number of hydrogen-bond acceptors (Lipinski definition) is 6. The quantitative estimate of drug-likeness (QED) is 0.493. The van der Waals surface area contributed by atoms with E-state index in [1.165, 1.54) is 29.2 Å². The zero-order valence-corrected chi connectivity index (χ0v) is 14.5. The van der Waals surface area contributed by atoms with Crippen LogP contribution in [0.3, 0.4) is 0 Å². The first-order valence-electron chi connectivity index (χ1n) is 7.47. The van der Waals surface area contributed by atoms with Crippen LogP contribution in [0, 0.1) is 5.82 Å². The van der Waals surface area contributed by atoms with Gasteiger partial charge in [0.25, 0.3) is 0 Å². The molecule has 0 saturated heterocycles. The molecule has 0 fully saturated rings. The molecule has 0 aliphatic rings. The van der Waals surface area contributed by atoms with E-state index in [2.05, 4.69) is 20.5 Å².